The number of esters is 2. The van der Waals surface area contributed by atoms with Crippen molar-refractivity contribution in [3.63, 3.8) is 0 Å². The molecule has 1 fully saturated rings. The van der Waals surface area contributed by atoms with Crippen molar-refractivity contribution in [2.24, 2.45) is 5.41 Å². The molecule has 2 atom stereocenters. The summed E-state index contributed by atoms with van der Waals surface area (Å²) < 4.78 is 15.3. The molecule has 2 unspecified atom stereocenters. The van der Waals surface area contributed by atoms with Crippen molar-refractivity contribution in [2.75, 3.05) is 13.2 Å². The van der Waals surface area contributed by atoms with Crippen LogP contribution in [0.3, 0.4) is 0 Å². The minimum absolute atomic E-state index is 0.0287. The Morgan fingerprint density at radius 1 is 1.26 bits per heavy atom. The largest absolute Gasteiger partial charge is 0.465 e. The maximum Gasteiger partial charge on any atom is 0.324 e. The summed E-state index contributed by atoms with van der Waals surface area (Å²) in [4.78, 5) is 24.3. The van der Waals surface area contributed by atoms with Gasteiger partial charge < -0.3 is 14.2 Å². The van der Waals surface area contributed by atoms with Gasteiger partial charge in [0.1, 0.15) is 0 Å². The second-order valence-electron chi connectivity index (χ2n) is 4.49. The third-order valence-electron chi connectivity index (χ3n) is 3.12. The summed E-state index contributed by atoms with van der Waals surface area (Å²) in [5.74, 6) is 1.12. The molecule has 0 aliphatic carbocycles. The van der Waals surface area contributed by atoms with Crippen molar-refractivity contribution >= 4 is 11.9 Å². The lowest BCUT2D eigenvalue weighted by atomic mass is 9.79. The van der Waals surface area contributed by atoms with Gasteiger partial charge in [0, 0.05) is 12.8 Å². The topological polar surface area (TPSA) is 65.1 Å². The molecule has 1 aliphatic rings. The Balaban J connectivity index is 2.98. The fraction of sp³-hybridized carbons (Fsp3) is 0.714. The van der Waals surface area contributed by atoms with Gasteiger partial charge in [-0.1, -0.05) is 0 Å². The van der Waals surface area contributed by atoms with Crippen molar-refractivity contribution < 1.29 is 23.8 Å². The maximum atomic E-state index is 12.2. The van der Waals surface area contributed by atoms with E-state index in [-0.39, 0.29) is 38.3 Å². The number of hydrogen-bond acceptors (Lipinski definition) is 5. The molecule has 0 saturated carbocycles. The van der Waals surface area contributed by atoms with Crippen LogP contribution in [0.1, 0.15) is 33.6 Å². The van der Waals surface area contributed by atoms with E-state index < -0.39 is 17.4 Å². The van der Waals surface area contributed by atoms with E-state index in [0.717, 1.165) is 0 Å². The first kappa shape index (κ1) is 15.5. The molecule has 0 bridgehead atoms. The molecule has 1 rings (SSSR count). The number of epoxide rings is 1. The van der Waals surface area contributed by atoms with E-state index in [1.165, 1.54) is 0 Å². The molecule has 19 heavy (non-hydrogen) atoms. The SMILES string of the molecule is C#CCC(CC1OC1C)(C(=O)OCC)C(=O)OCC. The monoisotopic (exact) mass is 268 g/mol. The lowest BCUT2D eigenvalue weighted by Crippen LogP contribution is -2.43. The normalized spacial score (nSPS) is 21.4. The highest BCUT2D eigenvalue weighted by Crippen LogP contribution is 2.39. The first-order valence-corrected chi connectivity index (χ1v) is 6.45. The Morgan fingerprint density at radius 3 is 2.05 bits per heavy atom. The quantitative estimate of drug-likeness (QED) is 0.301. The van der Waals surface area contributed by atoms with E-state index in [1.807, 2.05) is 6.92 Å². The van der Waals surface area contributed by atoms with Crippen LogP contribution in [-0.2, 0) is 23.8 Å². The molecule has 1 aliphatic heterocycles. The summed E-state index contributed by atoms with van der Waals surface area (Å²) in [5.41, 5.74) is -1.45. The summed E-state index contributed by atoms with van der Waals surface area (Å²) in [5, 5.41) is 0. The highest BCUT2D eigenvalue weighted by Gasteiger charge is 2.54. The van der Waals surface area contributed by atoms with Crippen LogP contribution in [0.25, 0.3) is 0 Å². The predicted molar refractivity (Wildman–Crippen MR) is 68.1 cm³/mol. The van der Waals surface area contributed by atoms with E-state index in [9.17, 15) is 9.59 Å². The van der Waals surface area contributed by atoms with E-state index >= 15 is 0 Å². The zero-order chi connectivity index (χ0) is 14.5. The lowest BCUT2D eigenvalue weighted by molar-refractivity contribution is -0.172. The van der Waals surface area contributed by atoms with Crippen LogP contribution in [0.4, 0.5) is 0 Å². The number of hydrogen-bond donors (Lipinski definition) is 0. The molecule has 0 radical (unpaired) electrons. The van der Waals surface area contributed by atoms with Gasteiger partial charge >= 0.3 is 11.9 Å². The Labute approximate surface area is 113 Å². The third kappa shape index (κ3) is 3.48. The van der Waals surface area contributed by atoms with Gasteiger partial charge in [-0.15, -0.1) is 12.3 Å². The van der Waals surface area contributed by atoms with E-state index in [4.69, 9.17) is 20.6 Å². The number of ether oxygens (including phenoxy) is 3. The van der Waals surface area contributed by atoms with Crippen molar-refractivity contribution in [1.29, 1.82) is 0 Å². The van der Waals surface area contributed by atoms with Crippen molar-refractivity contribution in [1.82, 2.24) is 0 Å². The van der Waals surface area contributed by atoms with Crippen LogP contribution >= 0.6 is 0 Å². The number of rotatable bonds is 7. The third-order valence-corrected chi connectivity index (χ3v) is 3.12. The van der Waals surface area contributed by atoms with Gasteiger partial charge in [-0.05, 0) is 20.8 Å². The zero-order valence-corrected chi connectivity index (χ0v) is 11.6. The molecule has 0 N–H and O–H groups in total. The van der Waals surface area contributed by atoms with E-state index in [2.05, 4.69) is 5.92 Å². The molecule has 0 aromatic carbocycles. The molecule has 1 saturated heterocycles. The maximum absolute atomic E-state index is 12.2. The number of carbonyl (C=O) groups is 2. The first-order valence-electron chi connectivity index (χ1n) is 6.45. The molecule has 5 heteroatoms. The standard InChI is InChI=1S/C14H20O5/c1-5-8-14(12(15)17-6-2,13(16)18-7-3)9-11-10(4)19-11/h1,10-11H,6-9H2,2-4H3. The molecular weight excluding hydrogens is 248 g/mol. The van der Waals surface area contributed by atoms with Crippen LogP contribution in [0.2, 0.25) is 0 Å². The van der Waals surface area contributed by atoms with E-state index in [0.29, 0.717) is 0 Å². The molecule has 1 heterocycles. The molecule has 0 aromatic rings. The highest BCUT2D eigenvalue weighted by molar-refractivity contribution is 6.00. The second kappa shape index (κ2) is 6.58. The first-order chi connectivity index (χ1) is 9.01. The fourth-order valence-electron chi connectivity index (χ4n) is 1.97. The summed E-state index contributed by atoms with van der Waals surface area (Å²) in [6, 6.07) is 0. The smallest absolute Gasteiger partial charge is 0.324 e. The minimum atomic E-state index is -1.45. The lowest BCUT2D eigenvalue weighted by Gasteiger charge is -2.26. The highest BCUT2D eigenvalue weighted by atomic mass is 16.6. The average molecular weight is 268 g/mol. The van der Waals surface area contributed by atoms with Gasteiger partial charge in [0.05, 0.1) is 25.4 Å². The summed E-state index contributed by atoms with van der Waals surface area (Å²) in [6.45, 7) is 5.61. The molecule has 106 valence electrons. The van der Waals surface area contributed by atoms with Gasteiger partial charge in [-0.3, -0.25) is 9.59 Å². The fourth-order valence-corrected chi connectivity index (χ4v) is 1.97. The summed E-state index contributed by atoms with van der Waals surface area (Å²) >= 11 is 0. The molecule has 0 aromatic heterocycles. The Morgan fingerprint density at radius 2 is 1.74 bits per heavy atom. The molecule has 0 amide bonds. The van der Waals surface area contributed by atoms with Gasteiger partial charge in [-0.25, -0.2) is 0 Å². The average Bonchev–Trinajstić information content (AvgIpc) is 3.04. The second-order valence-corrected chi connectivity index (χ2v) is 4.49. The minimum Gasteiger partial charge on any atom is -0.465 e. The molecule has 0 spiro atoms. The Bertz CT molecular complexity index is 364. The van der Waals surface area contributed by atoms with Gasteiger partial charge in [-0.2, -0.15) is 0 Å². The van der Waals surface area contributed by atoms with Crippen LogP contribution < -0.4 is 0 Å². The van der Waals surface area contributed by atoms with Gasteiger partial charge in [0.25, 0.3) is 0 Å². The zero-order valence-electron chi connectivity index (χ0n) is 11.6. The summed E-state index contributed by atoms with van der Waals surface area (Å²) in [6.07, 6.45) is 5.34. The number of carbonyl (C=O) groups excluding carboxylic acids is 2. The van der Waals surface area contributed by atoms with Gasteiger partial charge in [0.2, 0.25) is 0 Å². The summed E-state index contributed by atoms with van der Waals surface area (Å²) in [7, 11) is 0. The molecule has 5 nitrogen and oxygen atoms in total. The van der Waals surface area contributed by atoms with E-state index in [1.54, 1.807) is 13.8 Å². The number of terminal acetylenes is 1. The van der Waals surface area contributed by atoms with Crippen LogP contribution in [0.15, 0.2) is 0 Å². The predicted octanol–water partition coefficient (Wildman–Crippen LogP) is 1.30. The van der Waals surface area contributed by atoms with Crippen molar-refractivity contribution in [2.45, 2.75) is 45.8 Å². The van der Waals surface area contributed by atoms with Crippen molar-refractivity contribution in [3.8, 4) is 12.3 Å². The van der Waals surface area contributed by atoms with Crippen molar-refractivity contribution in [3.05, 3.63) is 0 Å². The van der Waals surface area contributed by atoms with Crippen LogP contribution in [0, 0.1) is 17.8 Å². The van der Waals surface area contributed by atoms with Gasteiger partial charge in [0.15, 0.2) is 5.41 Å². The molecular formula is C14H20O5. The Hall–Kier alpha value is -1.54. The van der Waals surface area contributed by atoms with Crippen LogP contribution in [0.5, 0.6) is 0 Å². The van der Waals surface area contributed by atoms with Crippen LogP contribution in [-0.4, -0.2) is 37.4 Å². The Kier molecular flexibility index (Phi) is 5.37.